The van der Waals surface area contributed by atoms with Crippen LogP contribution in [-0.4, -0.2) is 34.8 Å². The van der Waals surface area contributed by atoms with E-state index in [1.807, 2.05) is 18.8 Å². The van der Waals surface area contributed by atoms with Crippen LogP contribution in [-0.2, 0) is 0 Å². The van der Waals surface area contributed by atoms with Gasteiger partial charge < -0.3 is 10.4 Å². The number of nitrogens with one attached hydrogen (secondary N) is 1. The minimum absolute atomic E-state index is 0.0909. The molecule has 0 aliphatic heterocycles. The van der Waals surface area contributed by atoms with Gasteiger partial charge in [-0.2, -0.15) is 11.8 Å². The van der Waals surface area contributed by atoms with E-state index in [4.69, 9.17) is 0 Å². The lowest BCUT2D eigenvalue weighted by Crippen LogP contribution is -2.43. The van der Waals surface area contributed by atoms with Gasteiger partial charge in [-0.05, 0) is 32.6 Å². The lowest BCUT2D eigenvalue weighted by molar-refractivity contribution is 0.171. The normalized spacial score (nSPS) is 16.4. The second-order valence-corrected chi connectivity index (χ2v) is 7.31. The van der Waals surface area contributed by atoms with E-state index in [0.717, 1.165) is 6.42 Å². The van der Waals surface area contributed by atoms with E-state index in [9.17, 15) is 5.11 Å². The molecule has 0 saturated carbocycles. The predicted molar refractivity (Wildman–Crippen MR) is 70.6 cm³/mol. The van der Waals surface area contributed by atoms with Gasteiger partial charge in [-0.25, -0.2) is 0 Å². The molecule has 0 fully saturated rings. The molecule has 1 atom stereocenters. The van der Waals surface area contributed by atoms with Crippen molar-refractivity contribution >= 4 is 11.8 Å². The van der Waals surface area contributed by atoms with E-state index in [1.165, 1.54) is 18.6 Å². The Labute approximate surface area is 99.2 Å². The summed E-state index contributed by atoms with van der Waals surface area (Å²) in [6.45, 7) is 9.05. The molecule has 0 bridgehead atoms. The highest BCUT2D eigenvalue weighted by atomic mass is 32.2. The van der Waals surface area contributed by atoms with E-state index in [-0.39, 0.29) is 12.1 Å². The third-order valence-corrected chi connectivity index (χ3v) is 3.97. The van der Waals surface area contributed by atoms with Crippen molar-refractivity contribution in [2.45, 2.75) is 57.2 Å². The Kier molecular flexibility index (Phi) is 6.89. The molecule has 0 aliphatic rings. The first kappa shape index (κ1) is 15.3. The van der Waals surface area contributed by atoms with Crippen LogP contribution in [0.1, 0.15) is 47.0 Å². The Hall–Kier alpha value is 0.270. The van der Waals surface area contributed by atoms with E-state index in [0.29, 0.717) is 4.75 Å². The van der Waals surface area contributed by atoms with Gasteiger partial charge in [-0.1, -0.05) is 27.2 Å². The Bertz CT molecular complexity index is 161. The van der Waals surface area contributed by atoms with Crippen LogP contribution in [0.4, 0.5) is 0 Å². The third-order valence-electron chi connectivity index (χ3n) is 2.61. The molecule has 92 valence electrons. The van der Waals surface area contributed by atoms with Crippen LogP contribution in [0.2, 0.25) is 0 Å². The molecule has 0 amide bonds. The van der Waals surface area contributed by atoms with E-state index in [1.54, 1.807) is 0 Å². The van der Waals surface area contributed by atoms with Gasteiger partial charge in [0.1, 0.15) is 0 Å². The first-order chi connectivity index (χ1) is 6.83. The SMILES string of the molecule is CNC(C)(CO)CCCCSC(C)(C)C. The largest absolute Gasteiger partial charge is 0.394 e. The number of hydrogen-bond acceptors (Lipinski definition) is 3. The highest BCUT2D eigenvalue weighted by Gasteiger charge is 2.19. The number of unbranched alkanes of at least 4 members (excludes halogenated alkanes) is 1. The molecule has 3 heteroatoms. The van der Waals surface area contributed by atoms with Crippen molar-refractivity contribution in [2.75, 3.05) is 19.4 Å². The van der Waals surface area contributed by atoms with Crippen molar-refractivity contribution in [3.05, 3.63) is 0 Å². The van der Waals surface area contributed by atoms with Crippen LogP contribution in [0, 0.1) is 0 Å². The van der Waals surface area contributed by atoms with E-state index in [2.05, 4.69) is 33.0 Å². The Morgan fingerprint density at radius 3 is 2.13 bits per heavy atom. The van der Waals surface area contributed by atoms with Crippen LogP contribution < -0.4 is 5.32 Å². The lowest BCUT2D eigenvalue weighted by atomic mass is 9.96. The summed E-state index contributed by atoms with van der Waals surface area (Å²) in [5.41, 5.74) is -0.0909. The zero-order valence-electron chi connectivity index (χ0n) is 10.9. The summed E-state index contributed by atoms with van der Waals surface area (Å²) < 4.78 is 0.378. The van der Waals surface area contributed by atoms with Crippen molar-refractivity contribution < 1.29 is 5.11 Å². The second kappa shape index (κ2) is 6.77. The molecule has 2 nitrogen and oxygen atoms in total. The average Bonchev–Trinajstić information content (AvgIpc) is 2.15. The maximum Gasteiger partial charge on any atom is 0.0610 e. The molecule has 0 rings (SSSR count). The molecule has 0 aromatic heterocycles. The number of aliphatic hydroxyl groups excluding tert-OH is 1. The summed E-state index contributed by atoms with van der Waals surface area (Å²) in [7, 11) is 1.92. The minimum Gasteiger partial charge on any atom is -0.394 e. The number of likely N-dealkylation sites (N-methyl/N-ethyl adjacent to an activating group) is 1. The highest BCUT2D eigenvalue weighted by molar-refractivity contribution is 8.00. The standard InChI is InChI=1S/C12H27NOS/c1-11(2,3)15-9-7-6-8-12(4,10-14)13-5/h13-14H,6-10H2,1-5H3. The molecule has 0 heterocycles. The van der Waals surface area contributed by atoms with Gasteiger partial charge in [0.05, 0.1) is 6.61 Å². The van der Waals surface area contributed by atoms with Gasteiger partial charge in [0.25, 0.3) is 0 Å². The van der Waals surface area contributed by atoms with E-state index < -0.39 is 0 Å². The number of hydrogen-bond donors (Lipinski definition) is 2. The molecule has 15 heavy (non-hydrogen) atoms. The Balaban J connectivity index is 3.54. The molecule has 0 aliphatic carbocycles. The first-order valence-electron chi connectivity index (χ1n) is 5.77. The summed E-state index contributed by atoms with van der Waals surface area (Å²) >= 11 is 2.02. The van der Waals surface area contributed by atoms with Crippen LogP contribution in [0.25, 0.3) is 0 Å². The second-order valence-electron chi connectivity index (χ2n) is 5.39. The summed E-state index contributed by atoms with van der Waals surface area (Å²) in [5, 5.41) is 12.4. The number of rotatable bonds is 7. The smallest absolute Gasteiger partial charge is 0.0610 e. The van der Waals surface area contributed by atoms with Gasteiger partial charge in [0, 0.05) is 10.3 Å². The van der Waals surface area contributed by atoms with Gasteiger partial charge >= 0.3 is 0 Å². The zero-order chi connectivity index (χ0) is 11.9. The molecular formula is C12H27NOS. The fourth-order valence-electron chi connectivity index (χ4n) is 1.28. The molecular weight excluding hydrogens is 206 g/mol. The summed E-state index contributed by atoms with van der Waals surface area (Å²) in [5.74, 6) is 1.22. The molecule has 2 N–H and O–H groups in total. The Morgan fingerprint density at radius 2 is 1.73 bits per heavy atom. The predicted octanol–water partition coefficient (Wildman–Crippen LogP) is 2.66. The van der Waals surface area contributed by atoms with Gasteiger partial charge in [0.2, 0.25) is 0 Å². The first-order valence-corrected chi connectivity index (χ1v) is 6.75. The lowest BCUT2D eigenvalue weighted by Gasteiger charge is -2.26. The third kappa shape index (κ3) is 8.12. The Morgan fingerprint density at radius 1 is 1.13 bits per heavy atom. The number of thioether (sulfide) groups is 1. The molecule has 0 aromatic carbocycles. The van der Waals surface area contributed by atoms with Gasteiger partial charge in [0.15, 0.2) is 0 Å². The van der Waals surface area contributed by atoms with Gasteiger partial charge in [-0.15, -0.1) is 0 Å². The maximum absolute atomic E-state index is 9.20. The van der Waals surface area contributed by atoms with Crippen LogP contribution in [0.3, 0.4) is 0 Å². The number of aliphatic hydroxyl groups is 1. The fourth-order valence-corrected chi connectivity index (χ4v) is 2.24. The maximum atomic E-state index is 9.20. The zero-order valence-corrected chi connectivity index (χ0v) is 11.7. The monoisotopic (exact) mass is 233 g/mol. The molecule has 0 aromatic rings. The topological polar surface area (TPSA) is 32.3 Å². The van der Waals surface area contributed by atoms with Crippen LogP contribution in [0.5, 0.6) is 0 Å². The van der Waals surface area contributed by atoms with Crippen molar-refractivity contribution in [1.82, 2.24) is 5.32 Å². The van der Waals surface area contributed by atoms with Crippen molar-refractivity contribution in [3.8, 4) is 0 Å². The summed E-state index contributed by atoms with van der Waals surface area (Å²) in [6.07, 6.45) is 3.46. The molecule has 0 saturated heterocycles. The molecule has 0 radical (unpaired) electrons. The minimum atomic E-state index is -0.0909. The molecule has 1 unspecified atom stereocenters. The molecule has 0 spiro atoms. The van der Waals surface area contributed by atoms with Crippen LogP contribution >= 0.6 is 11.8 Å². The quantitative estimate of drug-likeness (QED) is 0.663. The summed E-state index contributed by atoms with van der Waals surface area (Å²) in [4.78, 5) is 0. The van der Waals surface area contributed by atoms with Crippen LogP contribution in [0.15, 0.2) is 0 Å². The summed E-state index contributed by atoms with van der Waals surface area (Å²) in [6, 6.07) is 0. The van der Waals surface area contributed by atoms with E-state index >= 15 is 0 Å². The van der Waals surface area contributed by atoms with Crippen molar-refractivity contribution in [2.24, 2.45) is 0 Å². The van der Waals surface area contributed by atoms with Gasteiger partial charge in [-0.3, -0.25) is 0 Å². The van der Waals surface area contributed by atoms with Crippen molar-refractivity contribution in [3.63, 3.8) is 0 Å². The fraction of sp³-hybridized carbons (Fsp3) is 1.00. The highest BCUT2D eigenvalue weighted by Crippen LogP contribution is 2.25. The van der Waals surface area contributed by atoms with Crippen molar-refractivity contribution in [1.29, 1.82) is 0 Å². The average molecular weight is 233 g/mol.